The Balaban J connectivity index is 1.54. The predicted octanol–water partition coefficient (Wildman–Crippen LogP) is 2.30. The third kappa shape index (κ3) is 3.04. The maximum absolute atomic E-state index is 14.1. The first-order valence-electron chi connectivity index (χ1n) is 8.58. The lowest BCUT2D eigenvalue weighted by molar-refractivity contribution is 0.360. The predicted molar refractivity (Wildman–Crippen MR) is 86.6 cm³/mol. The summed E-state index contributed by atoms with van der Waals surface area (Å²) in [5, 5.41) is 0. The topological polar surface area (TPSA) is 58.2 Å². The molecule has 0 spiro atoms. The van der Waals surface area contributed by atoms with Gasteiger partial charge < -0.3 is 0 Å². The molecule has 126 valence electrons. The molecule has 2 fully saturated rings. The summed E-state index contributed by atoms with van der Waals surface area (Å²) in [7, 11) is -3.47. The zero-order chi connectivity index (χ0) is 16.0. The maximum atomic E-state index is 14.1. The number of hydrogen-bond donors (Lipinski definition) is 2. The van der Waals surface area contributed by atoms with Gasteiger partial charge in [0.1, 0.15) is 5.82 Å². The van der Waals surface area contributed by atoms with Gasteiger partial charge in [0.2, 0.25) is 0 Å². The lowest BCUT2D eigenvalue weighted by Crippen LogP contribution is -2.51. The molecule has 2 saturated carbocycles. The van der Waals surface area contributed by atoms with E-state index < -0.39 is 10.2 Å². The normalized spacial score (nSPS) is 30.6. The van der Waals surface area contributed by atoms with Crippen molar-refractivity contribution in [2.75, 3.05) is 0 Å². The van der Waals surface area contributed by atoms with Crippen molar-refractivity contribution in [1.29, 1.82) is 0 Å². The van der Waals surface area contributed by atoms with Crippen LogP contribution in [0.3, 0.4) is 0 Å². The number of hydrogen-bond acceptors (Lipinski definition) is 2. The van der Waals surface area contributed by atoms with E-state index in [9.17, 15) is 12.8 Å². The van der Waals surface area contributed by atoms with Crippen molar-refractivity contribution in [1.82, 2.24) is 9.44 Å². The summed E-state index contributed by atoms with van der Waals surface area (Å²) in [6, 6.07) is 5.25. The summed E-state index contributed by atoms with van der Waals surface area (Å²) in [6.45, 7) is 0. The Bertz CT molecular complexity index is 703. The second kappa shape index (κ2) is 5.83. The minimum atomic E-state index is -3.47. The first kappa shape index (κ1) is 15.5. The molecule has 23 heavy (non-hydrogen) atoms. The van der Waals surface area contributed by atoms with Crippen LogP contribution in [0.15, 0.2) is 18.2 Å². The van der Waals surface area contributed by atoms with Crippen molar-refractivity contribution in [3.63, 3.8) is 0 Å². The van der Waals surface area contributed by atoms with Crippen molar-refractivity contribution in [3.8, 4) is 0 Å². The van der Waals surface area contributed by atoms with Crippen LogP contribution >= 0.6 is 0 Å². The van der Waals surface area contributed by atoms with Crippen molar-refractivity contribution in [2.24, 2.45) is 11.8 Å². The van der Waals surface area contributed by atoms with Crippen LogP contribution in [0.1, 0.15) is 43.2 Å². The molecule has 0 radical (unpaired) electrons. The van der Waals surface area contributed by atoms with Crippen LogP contribution < -0.4 is 9.44 Å². The minimum absolute atomic E-state index is 0.0839. The van der Waals surface area contributed by atoms with Crippen LogP contribution in [0.5, 0.6) is 0 Å². The Morgan fingerprint density at radius 3 is 2.43 bits per heavy atom. The summed E-state index contributed by atoms with van der Waals surface area (Å²) < 4.78 is 44.5. The van der Waals surface area contributed by atoms with Crippen molar-refractivity contribution in [2.45, 2.75) is 57.0 Å². The monoisotopic (exact) mass is 338 g/mol. The summed E-state index contributed by atoms with van der Waals surface area (Å²) in [5.74, 6) is 0.307. The fourth-order valence-corrected chi connectivity index (χ4v) is 5.83. The highest BCUT2D eigenvalue weighted by Crippen LogP contribution is 2.41. The van der Waals surface area contributed by atoms with Crippen LogP contribution in [-0.2, 0) is 23.1 Å². The first-order valence-corrected chi connectivity index (χ1v) is 10.1. The van der Waals surface area contributed by atoms with E-state index in [2.05, 4.69) is 9.44 Å². The quantitative estimate of drug-likeness (QED) is 0.885. The van der Waals surface area contributed by atoms with Crippen LogP contribution in [-0.4, -0.2) is 20.5 Å². The molecule has 4 rings (SSSR count). The second-order valence-corrected chi connectivity index (χ2v) is 8.75. The van der Waals surface area contributed by atoms with Crippen LogP contribution in [0.25, 0.3) is 0 Å². The lowest BCUT2D eigenvalue weighted by atomic mass is 9.93. The molecular formula is C17H23FN2O2S. The first-order chi connectivity index (χ1) is 11.0. The van der Waals surface area contributed by atoms with Gasteiger partial charge in [-0.1, -0.05) is 18.6 Å². The minimum Gasteiger partial charge on any atom is -0.207 e. The fraction of sp³-hybridized carbons (Fsp3) is 0.647. The standard InChI is InChI=1S/C17H23FN2O2S/c18-16-6-1-3-11-9-12-7-8-13(10-15(11)16)17(12)20-23(21,22)19-14-4-2-5-14/h1,3,6,12-14,17,19-20H,2,4-5,7-10H2/t12-,13+,17+/m0/s1. The average Bonchev–Trinajstić information content (AvgIpc) is 2.70. The molecule has 3 aliphatic carbocycles. The molecule has 0 aliphatic heterocycles. The van der Waals surface area contributed by atoms with E-state index in [4.69, 9.17) is 0 Å². The number of rotatable bonds is 4. The maximum Gasteiger partial charge on any atom is 0.277 e. The molecule has 0 heterocycles. The van der Waals surface area contributed by atoms with E-state index in [0.29, 0.717) is 6.42 Å². The van der Waals surface area contributed by atoms with E-state index in [1.54, 1.807) is 6.07 Å². The van der Waals surface area contributed by atoms with Gasteiger partial charge in [-0.3, -0.25) is 0 Å². The largest absolute Gasteiger partial charge is 0.277 e. The van der Waals surface area contributed by atoms with E-state index in [1.807, 2.05) is 6.07 Å². The van der Waals surface area contributed by atoms with Crippen molar-refractivity contribution >= 4 is 10.2 Å². The number of nitrogens with one attached hydrogen (secondary N) is 2. The fourth-order valence-electron chi connectivity index (χ4n) is 4.35. The Labute approximate surface area is 137 Å². The van der Waals surface area contributed by atoms with Gasteiger partial charge in [-0.2, -0.15) is 17.9 Å². The molecule has 0 unspecified atom stereocenters. The smallest absolute Gasteiger partial charge is 0.207 e. The Morgan fingerprint density at radius 1 is 1.00 bits per heavy atom. The van der Waals surface area contributed by atoms with E-state index >= 15 is 0 Å². The van der Waals surface area contributed by atoms with Gasteiger partial charge in [-0.15, -0.1) is 0 Å². The second-order valence-electron chi connectivity index (χ2n) is 7.28. The van der Waals surface area contributed by atoms with Gasteiger partial charge in [0.25, 0.3) is 10.2 Å². The molecule has 0 aromatic heterocycles. The molecule has 1 aromatic rings. The van der Waals surface area contributed by atoms with Gasteiger partial charge in [-0.25, -0.2) is 4.39 Å². The zero-order valence-corrected chi connectivity index (χ0v) is 13.9. The van der Waals surface area contributed by atoms with E-state index in [0.717, 1.165) is 49.7 Å². The highest BCUT2D eigenvalue weighted by atomic mass is 32.2. The van der Waals surface area contributed by atoms with Gasteiger partial charge >= 0.3 is 0 Å². The molecule has 3 aliphatic rings. The summed E-state index contributed by atoms with van der Waals surface area (Å²) >= 11 is 0. The molecule has 2 N–H and O–H groups in total. The Kier molecular flexibility index (Phi) is 3.94. The molecule has 6 heteroatoms. The van der Waals surface area contributed by atoms with Crippen LogP contribution in [0, 0.1) is 17.7 Å². The highest BCUT2D eigenvalue weighted by Gasteiger charge is 2.41. The molecule has 1 aromatic carbocycles. The number of benzene rings is 1. The zero-order valence-electron chi connectivity index (χ0n) is 13.1. The van der Waals surface area contributed by atoms with Gasteiger partial charge in [0.05, 0.1) is 0 Å². The van der Waals surface area contributed by atoms with Gasteiger partial charge in [-0.05, 0) is 67.6 Å². The summed E-state index contributed by atoms with van der Waals surface area (Å²) in [5.41, 5.74) is 1.84. The van der Waals surface area contributed by atoms with Gasteiger partial charge in [0, 0.05) is 12.1 Å². The SMILES string of the molecule is O=S(=O)(NC1CCC1)N[C@H]1[C@@H]2CC[C@H]1Cc1cccc(F)c1C2. The Hall–Kier alpha value is -0.980. The molecule has 2 bridgehead atoms. The van der Waals surface area contributed by atoms with E-state index in [1.165, 1.54) is 6.07 Å². The third-order valence-electron chi connectivity index (χ3n) is 5.81. The molecule has 0 saturated heterocycles. The molecular weight excluding hydrogens is 315 g/mol. The van der Waals surface area contributed by atoms with Crippen LogP contribution in [0.4, 0.5) is 4.39 Å². The summed E-state index contributed by atoms with van der Waals surface area (Å²) in [6.07, 6.45) is 6.32. The van der Waals surface area contributed by atoms with Crippen LogP contribution in [0.2, 0.25) is 0 Å². The number of fused-ring (bicyclic) bond motifs is 3. The Morgan fingerprint density at radius 2 is 1.74 bits per heavy atom. The van der Waals surface area contributed by atoms with E-state index in [-0.39, 0.29) is 29.7 Å². The molecule has 0 amide bonds. The van der Waals surface area contributed by atoms with Gasteiger partial charge in [0.15, 0.2) is 0 Å². The molecule has 3 atom stereocenters. The van der Waals surface area contributed by atoms with Crippen molar-refractivity contribution < 1.29 is 12.8 Å². The highest BCUT2D eigenvalue weighted by molar-refractivity contribution is 7.87. The van der Waals surface area contributed by atoms with Crippen molar-refractivity contribution in [3.05, 3.63) is 35.1 Å². The number of halogens is 1. The summed E-state index contributed by atoms with van der Waals surface area (Å²) in [4.78, 5) is 0. The molecule has 4 nitrogen and oxygen atoms in total. The average molecular weight is 338 g/mol. The lowest BCUT2D eigenvalue weighted by Gasteiger charge is -2.29. The third-order valence-corrected chi connectivity index (χ3v) is 7.03.